The molecule has 0 heterocycles. The van der Waals surface area contributed by atoms with Gasteiger partial charge in [0.2, 0.25) is 0 Å². The van der Waals surface area contributed by atoms with Crippen molar-refractivity contribution in [1.82, 2.24) is 0 Å². The van der Waals surface area contributed by atoms with E-state index in [1.807, 2.05) is 12.1 Å². The lowest BCUT2D eigenvalue weighted by Gasteiger charge is -2.28. The largest absolute Gasteiger partial charge is 0.508 e. The third kappa shape index (κ3) is 4.51. The maximum atomic E-state index is 11.3. The van der Waals surface area contributed by atoms with Crippen molar-refractivity contribution in [1.29, 1.82) is 0 Å². The summed E-state index contributed by atoms with van der Waals surface area (Å²) in [6.07, 6.45) is 21.4. The third-order valence-electron chi connectivity index (χ3n) is 10.2. The van der Waals surface area contributed by atoms with Gasteiger partial charge in [0.15, 0.2) is 0 Å². The van der Waals surface area contributed by atoms with E-state index in [0.29, 0.717) is 41.6 Å². The highest BCUT2D eigenvalue weighted by Crippen LogP contribution is 2.50. The van der Waals surface area contributed by atoms with Crippen molar-refractivity contribution in [3.05, 3.63) is 57.6 Å². The van der Waals surface area contributed by atoms with Gasteiger partial charge < -0.3 is 10.2 Å². The highest BCUT2D eigenvalue weighted by Gasteiger charge is 2.32. The number of phenols is 2. The SMILES string of the molecule is Oc1ccc(C2CCCC2)c(C2CCCC2)c1Cc1c(O)ccc(C2CCCC2)c1C1CCCC1. The van der Waals surface area contributed by atoms with Crippen LogP contribution in [0.5, 0.6) is 11.5 Å². The summed E-state index contributed by atoms with van der Waals surface area (Å²) in [5.74, 6) is 3.36. The molecule has 0 radical (unpaired) electrons. The van der Waals surface area contributed by atoms with Gasteiger partial charge in [-0.3, -0.25) is 0 Å². The highest BCUT2D eigenvalue weighted by molar-refractivity contribution is 5.56. The van der Waals surface area contributed by atoms with Crippen LogP contribution in [0.2, 0.25) is 0 Å². The molecule has 2 N–H and O–H groups in total. The van der Waals surface area contributed by atoms with Gasteiger partial charge >= 0.3 is 0 Å². The minimum Gasteiger partial charge on any atom is -0.508 e. The van der Waals surface area contributed by atoms with Crippen LogP contribution in [-0.2, 0) is 6.42 Å². The van der Waals surface area contributed by atoms with Gasteiger partial charge in [0, 0.05) is 17.5 Å². The quantitative estimate of drug-likeness (QED) is 0.439. The maximum absolute atomic E-state index is 11.3. The van der Waals surface area contributed by atoms with Crippen LogP contribution >= 0.6 is 0 Å². The van der Waals surface area contributed by atoms with Gasteiger partial charge in [0.1, 0.15) is 11.5 Å². The van der Waals surface area contributed by atoms with E-state index < -0.39 is 0 Å². The minimum atomic E-state index is 0.455. The Kier molecular flexibility index (Phi) is 6.82. The normalized spacial score (nSPS) is 22.6. The monoisotopic (exact) mass is 472 g/mol. The molecule has 0 aliphatic heterocycles. The molecule has 2 nitrogen and oxygen atoms in total. The zero-order valence-corrected chi connectivity index (χ0v) is 21.5. The molecule has 4 saturated carbocycles. The van der Waals surface area contributed by atoms with Gasteiger partial charge in [0.05, 0.1) is 0 Å². The Balaban J connectivity index is 1.48. The summed E-state index contributed by atoms with van der Waals surface area (Å²) in [7, 11) is 0. The first kappa shape index (κ1) is 23.4. The lowest BCUT2D eigenvalue weighted by Crippen LogP contribution is -2.12. The summed E-state index contributed by atoms with van der Waals surface area (Å²) < 4.78 is 0. The van der Waals surface area contributed by atoms with E-state index in [-0.39, 0.29) is 0 Å². The van der Waals surface area contributed by atoms with E-state index in [9.17, 15) is 10.2 Å². The molecule has 0 atom stereocenters. The van der Waals surface area contributed by atoms with Crippen LogP contribution in [-0.4, -0.2) is 10.2 Å². The Bertz CT molecular complexity index is 946. The van der Waals surface area contributed by atoms with Crippen LogP contribution in [0, 0.1) is 0 Å². The zero-order chi connectivity index (χ0) is 23.8. The molecule has 0 saturated heterocycles. The molecule has 4 aliphatic rings. The van der Waals surface area contributed by atoms with Crippen molar-refractivity contribution < 1.29 is 10.2 Å². The Morgan fingerprint density at radius 2 is 0.771 bits per heavy atom. The fourth-order valence-corrected chi connectivity index (χ4v) is 8.47. The van der Waals surface area contributed by atoms with Crippen LogP contribution in [0.3, 0.4) is 0 Å². The van der Waals surface area contributed by atoms with E-state index in [1.165, 1.54) is 125 Å². The molecule has 4 aliphatic carbocycles. The number of aromatic hydroxyl groups is 2. The lowest BCUT2D eigenvalue weighted by molar-refractivity contribution is 0.458. The zero-order valence-electron chi connectivity index (χ0n) is 21.5. The van der Waals surface area contributed by atoms with Crippen LogP contribution in [0.1, 0.15) is 160 Å². The molecule has 2 heteroatoms. The predicted molar refractivity (Wildman–Crippen MR) is 144 cm³/mol. The average molecular weight is 473 g/mol. The summed E-state index contributed by atoms with van der Waals surface area (Å²) in [5, 5.41) is 22.7. The van der Waals surface area contributed by atoms with Crippen molar-refractivity contribution >= 4 is 0 Å². The second-order valence-corrected chi connectivity index (χ2v) is 12.2. The molecule has 0 unspecified atom stereocenters. The Morgan fingerprint density at radius 3 is 1.11 bits per heavy atom. The second kappa shape index (κ2) is 10.2. The number of rotatable bonds is 6. The van der Waals surface area contributed by atoms with Crippen LogP contribution in [0.15, 0.2) is 24.3 Å². The minimum absolute atomic E-state index is 0.455. The van der Waals surface area contributed by atoms with Crippen molar-refractivity contribution in [2.24, 2.45) is 0 Å². The molecular formula is C33H44O2. The molecule has 35 heavy (non-hydrogen) atoms. The fourth-order valence-electron chi connectivity index (χ4n) is 8.47. The molecule has 4 fully saturated rings. The molecule has 2 aromatic carbocycles. The van der Waals surface area contributed by atoms with E-state index in [2.05, 4.69) is 12.1 Å². The van der Waals surface area contributed by atoms with E-state index in [0.717, 1.165) is 11.1 Å². The molecule has 6 rings (SSSR count). The number of hydrogen-bond donors (Lipinski definition) is 2. The number of phenolic OH excluding ortho intramolecular Hbond substituents is 2. The number of hydrogen-bond acceptors (Lipinski definition) is 2. The van der Waals surface area contributed by atoms with E-state index in [1.54, 1.807) is 0 Å². The molecule has 0 spiro atoms. The molecule has 188 valence electrons. The highest BCUT2D eigenvalue weighted by atomic mass is 16.3. The Labute approximate surface area is 212 Å². The first-order chi connectivity index (χ1) is 17.2. The van der Waals surface area contributed by atoms with Gasteiger partial charge in [-0.05, 0) is 109 Å². The van der Waals surface area contributed by atoms with Gasteiger partial charge in [-0.25, -0.2) is 0 Å². The van der Waals surface area contributed by atoms with E-state index >= 15 is 0 Å². The molecular weight excluding hydrogens is 428 g/mol. The summed E-state index contributed by atoms with van der Waals surface area (Å²) in [6.45, 7) is 0. The van der Waals surface area contributed by atoms with Crippen molar-refractivity contribution in [3.8, 4) is 11.5 Å². The van der Waals surface area contributed by atoms with Crippen LogP contribution in [0.4, 0.5) is 0 Å². The van der Waals surface area contributed by atoms with Gasteiger partial charge in [-0.2, -0.15) is 0 Å². The standard InChI is InChI=1S/C33H44O2/c34-30-19-17-26(22-9-1-2-10-22)32(24-13-5-6-14-24)28(30)21-29-31(35)20-18-27(23-11-3-4-12-23)33(29)25-15-7-8-16-25/h17-20,22-25,34-35H,1-16,21H2. The molecule has 2 aromatic rings. The summed E-state index contributed by atoms with van der Waals surface area (Å²) in [4.78, 5) is 0. The van der Waals surface area contributed by atoms with Crippen molar-refractivity contribution in [3.63, 3.8) is 0 Å². The third-order valence-corrected chi connectivity index (χ3v) is 10.2. The molecule has 0 amide bonds. The number of benzene rings is 2. The Morgan fingerprint density at radius 1 is 0.457 bits per heavy atom. The molecule has 0 bridgehead atoms. The van der Waals surface area contributed by atoms with Gasteiger partial charge in [-0.1, -0.05) is 63.5 Å². The van der Waals surface area contributed by atoms with Crippen molar-refractivity contribution in [2.45, 2.75) is 133 Å². The molecule has 0 aromatic heterocycles. The first-order valence-corrected chi connectivity index (χ1v) is 14.9. The Hall–Kier alpha value is -1.96. The topological polar surface area (TPSA) is 40.5 Å². The maximum Gasteiger partial charge on any atom is 0.119 e. The average Bonchev–Trinajstić information content (AvgIpc) is 3.69. The van der Waals surface area contributed by atoms with Crippen LogP contribution in [0.25, 0.3) is 0 Å². The summed E-state index contributed by atoms with van der Waals surface area (Å²) >= 11 is 0. The van der Waals surface area contributed by atoms with Crippen molar-refractivity contribution in [2.75, 3.05) is 0 Å². The van der Waals surface area contributed by atoms with Gasteiger partial charge in [-0.15, -0.1) is 0 Å². The van der Waals surface area contributed by atoms with E-state index in [4.69, 9.17) is 0 Å². The second-order valence-electron chi connectivity index (χ2n) is 12.2. The summed E-state index contributed by atoms with van der Waals surface area (Å²) in [6, 6.07) is 8.48. The first-order valence-electron chi connectivity index (χ1n) is 14.9. The predicted octanol–water partition coefficient (Wildman–Crippen LogP) is 9.32. The lowest BCUT2D eigenvalue weighted by atomic mass is 9.77. The van der Waals surface area contributed by atoms with Gasteiger partial charge in [0.25, 0.3) is 0 Å². The smallest absolute Gasteiger partial charge is 0.119 e. The fraction of sp³-hybridized carbons (Fsp3) is 0.636. The summed E-state index contributed by atoms with van der Waals surface area (Å²) in [5.41, 5.74) is 8.26. The van der Waals surface area contributed by atoms with Crippen LogP contribution < -0.4 is 0 Å².